The molecule has 1 amide bonds. The number of nitriles is 1. The van der Waals surface area contributed by atoms with Gasteiger partial charge in [-0.3, -0.25) is 4.79 Å². The average molecular weight is 552 g/mol. The average Bonchev–Trinajstić information content (AvgIpc) is 3.61. The van der Waals surface area contributed by atoms with Crippen LogP contribution in [0.1, 0.15) is 70.4 Å². The second kappa shape index (κ2) is 11.9. The fourth-order valence-corrected chi connectivity index (χ4v) is 6.26. The summed E-state index contributed by atoms with van der Waals surface area (Å²) in [5.74, 6) is 1.85. The van der Waals surface area contributed by atoms with Gasteiger partial charge in [0.25, 0.3) is 5.91 Å². The Morgan fingerprint density at radius 3 is 2.70 bits per heavy atom. The van der Waals surface area contributed by atoms with Gasteiger partial charge in [-0.25, -0.2) is 4.99 Å². The lowest BCUT2D eigenvalue weighted by Gasteiger charge is -2.33. The molecule has 0 bridgehead atoms. The van der Waals surface area contributed by atoms with Crippen molar-refractivity contribution < 1.29 is 13.9 Å². The van der Waals surface area contributed by atoms with Crippen molar-refractivity contribution in [2.45, 2.75) is 53.2 Å². The Bertz CT molecular complexity index is 1540. The molecule has 1 aliphatic rings. The minimum atomic E-state index is -0.124. The van der Waals surface area contributed by atoms with Crippen LogP contribution in [-0.4, -0.2) is 12.1 Å². The summed E-state index contributed by atoms with van der Waals surface area (Å²) in [6, 6.07) is 20.9. The summed E-state index contributed by atoms with van der Waals surface area (Å²) in [6.07, 6.45) is 6.28. The van der Waals surface area contributed by atoms with E-state index in [-0.39, 0.29) is 11.3 Å². The largest absolute Gasteiger partial charge is 0.488 e. The van der Waals surface area contributed by atoms with Crippen molar-refractivity contribution in [2.24, 2.45) is 16.3 Å². The second-order valence-corrected chi connectivity index (χ2v) is 12.2. The van der Waals surface area contributed by atoms with Crippen LogP contribution in [0, 0.1) is 22.7 Å². The van der Waals surface area contributed by atoms with Crippen LogP contribution in [0.3, 0.4) is 0 Å². The number of para-hydroxylation sites is 1. The van der Waals surface area contributed by atoms with E-state index in [1.807, 2.05) is 48.5 Å². The van der Waals surface area contributed by atoms with Crippen molar-refractivity contribution in [3.63, 3.8) is 0 Å². The Hall–Kier alpha value is -4.15. The lowest BCUT2D eigenvalue weighted by atomic mass is 9.72. The number of hydrogen-bond donors (Lipinski definition) is 1. The third-order valence-corrected chi connectivity index (χ3v) is 8.58. The lowest BCUT2D eigenvalue weighted by Crippen LogP contribution is -2.28. The highest BCUT2D eigenvalue weighted by atomic mass is 32.1. The van der Waals surface area contributed by atoms with Gasteiger partial charge in [0.2, 0.25) is 0 Å². The SMILES string of the molecule is CC(C)(C)[C@H]1CCc2c(sc(N=Cc3ccccc3OCc3ccc(C#N)cc3)c2C(=O)NCc2ccco2)C1. The first-order valence-corrected chi connectivity index (χ1v) is 14.3. The number of nitrogens with zero attached hydrogens (tertiary/aromatic N) is 2. The quantitative estimate of drug-likeness (QED) is 0.228. The van der Waals surface area contributed by atoms with Crippen LogP contribution in [0.15, 0.2) is 76.3 Å². The molecule has 204 valence electrons. The van der Waals surface area contributed by atoms with E-state index in [1.165, 1.54) is 4.88 Å². The van der Waals surface area contributed by atoms with Crippen molar-refractivity contribution in [3.05, 3.63) is 105 Å². The van der Waals surface area contributed by atoms with Gasteiger partial charge in [0.15, 0.2) is 0 Å². The molecule has 2 aromatic carbocycles. The zero-order valence-corrected chi connectivity index (χ0v) is 23.9. The lowest BCUT2D eigenvalue weighted by molar-refractivity contribution is 0.0947. The maximum absolute atomic E-state index is 13.5. The number of ether oxygens (including phenoxy) is 1. The molecular formula is C33H33N3O3S. The van der Waals surface area contributed by atoms with Crippen molar-refractivity contribution in [1.82, 2.24) is 5.32 Å². The van der Waals surface area contributed by atoms with Gasteiger partial charge in [-0.1, -0.05) is 45.0 Å². The van der Waals surface area contributed by atoms with Gasteiger partial charge in [-0.05, 0) is 78.1 Å². The zero-order chi connectivity index (χ0) is 28.1. The Morgan fingerprint density at radius 2 is 1.98 bits per heavy atom. The van der Waals surface area contributed by atoms with Crippen LogP contribution < -0.4 is 10.1 Å². The van der Waals surface area contributed by atoms with Crippen molar-refractivity contribution >= 4 is 28.5 Å². The van der Waals surface area contributed by atoms with E-state index in [1.54, 1.807) is 35.9 Å². The second-order valence-electron chi connectivity index (χ2n) is 11.1. The van der Waals surface area contributed by atoms with Crippen LogP contribution in [0.25, 0.3) is 0 Å². The molecule has 7 heteroatoms. The van der Waals surface area contributed by atoms with E-state index in [9.17, 15) is 4.79 Å². The normalized spacial score (nSPS) is 15.0. The molecule has 6 nitrogen and oxygen atoms in total. The van der Waals surface area contributed by atoms with Crippen LogP contribution in [0.2, 0.25) is 0 Å². The first kappa shape index (κ1) is 27.4. The van der Waals surface area contributed by atoms with Crippen molar-refractivity contribution in [3.8, 4) is 11.8 Å². The molecule has 0 aliphatic heterocycles. The Balaban J connectivity index is 1.40. The molecule has 0 saturated carbocycles. The molecule has 0 unspecified atom stereocenters. The van der Waals surface area contributed by atoms with Crippen LogP contribution >= 0.6 is 11.3 Å². The summed E-state index contributed by atoms with van der Waals surface area (Å²) < 4.78 is 11.5. The van der Waals surface area contributed by atoms with Crippen molar-refractivity contribution in [2.75, 3.05) is 0 Å². The molecule has 4 aromatic rings. The van der Waals surface area contributed by atoms with E-state index in [0.29, 0.717) is 41.7 Å². The van der Waals surface area contributed by atoms with Gasteiger partial charge in [-0.15, -0.1) is 11.3 Å². The molecule has 0 saturated heterocycles. The summed E-state index contributed by atoms with van der Waals surface area (Å²) >= 11 is 1.62. The van der Waals surface area contributed by atoms with Crippen molar-refractivity contribution in [1.29, 1.82) is 5.26 Å². The Morgan fingerprint density at radius 1 is 1.18 bits per heavy atom. The maximum Gasteiger partial charge on any atom is 0.255 e. The molecule has 1 atom stereocenters. The van der Waals surface area contributed by atoms with Gasteiger partial charge in [0.1, 0.15) is 23.1 Å². The molecule has 1 N–H and O–H groups in total. The summed E-state index contributed by atoms with van der Waals surface area (Å²) in [5, 5.41) is 12.8. The van der Waals surface area contributed by atoms with E-state index in [2.05, 4.69) is 32.2 Å². The van der Waals surface area contributed by atoms with Gasteiger partial charge in [-0.2, -0.15) is 5.26 Å². The number of amides is 1. The van der Waals surface area contributed by atoms with Gasteiger partial charge in [0, 0.05) is 16.7 Å². The highest BCUT2D eigenvalue weighted by Crippen LogP contribution is 2.45. The standard InChI is InChI=1S/C33H33N3O3S/c1-33(2,3)25-14-15-27-29(17-25)40-32(30(27)31(37)35-20-26-8-6-16-38-26)36-19-24-7-4-5-9-28(24)39-21-23-12-10-22(18-34)11-13-23/h4-13,16,19,25H,14-15,17,20-21H2,1-3H3,(H,35,37)/t25-/m0/s1. The zero-order valence-electron chi connectivity index (χ0n) is 23.1. The summed E-state index contributed by atoms with van der Waals surface area (Å²) in [6.45, 7) is 7.58. The number of benzene rings is 2. The summed E-state index contributed by atoms with van der Waals surface area (Å²) in [4.78, 5) is 19.6. The summed E-state index contributed by atoms with van der Waals surface area (Å²) in [7, 11) is 0. The molecule has 2 heterocycles. The first-order chi connectivity index (χ1) is 19.3. The molecule has 0 spiro atoms. The van der Waals surface area contributed by atoms with E-state index in [4.69, 9.17) is 19.4 Å². The third-order valence-electron chi connectivity index (χ3n) is 7.42. The molecule has 5 rings (SSSR count). The Kier molecular flexibility index (Phi) is 8.18. The fraction of sp³-hybridized carbons (Fsp3) is 0.303. The number of thiophene rings is 1. The summed E-state index contributed by atoms with van der Waals surface area (Å²) in [5.41, 5.74) is 4.43. The van der Waals surface area contributed by atoms with E-state index in [0.717, 1.165) is 41.0 Å². The van der Waals surface area contributed by atoms with Gasteiger partial charge in [0.05, 0.1) is 30.0 Å². The molecule has 40 heavy (non-hydrogen) atoms. The molecule has 1 aliphatic carbocycles. The maximum atomic E-state index is 13.5. The predicted molar refractivity (Wildman–Crippen MR) is 158 cm³/mol. The van der Waals surface area contributed by atoms with Gasteiger partial charge < -0.3 is 14.5 Å². The monoisotopic (exact) mass is 551 g/mol. The predicted octanol–water partition coefficient (Wildman–Crippen LogP) is 7.62. The number of rotatable bonds is 8. The minimum absolute atomic E-state index is 0.124. The molecule has 0 fully saturated rings. The molecule has 0 radical (unpaired) electrons. The third kappa shape index (κ3) is 6.35. The molecule has 2 aromatic heterocycles. The number of carbonyl (C=O) groups excluding carboxylic acids is 1. The number of nitrogens with one attached hydrogen (secondary N) is 1. The number of fused-ring (bicyclic) bond motifs is 1. The van der Waals surface area contributed by atoms with Crippen LogP contribution in [-0.2, 0) is 26.0 Å². The van der Waals surface area contributed by atoms with E-state index < -0.39 is 0 Å². The smallest absolute Gasteiger partial charge is 0.255 e. The number of aliphatic imine (C=N–C) groups is 1. The van der Waals surface area contributed by atoms with Crippen LogP contribution in [0.4, 0.5) is 5.00 Å². The highest BCUT2D eigenvalue weighted by molar-refractivity contribution is 7.16. The highest BCUT2D eigenvalue weighted by Gasteiger charge is 2.33. The first-order valence-electron chi connectivity index (χ1n) is 13.5. The minimum Gasteiger partial charge on any atom is -0.488 e. The van der Waals surface area contributed by atoms with Crippen LogP contribution in [0.5, 0.6) is 5.75 Å². The molecular weight excluding hydrogens is 518 g/mol. The van der Waals surface area contributed by atoms with E-state index >= 15 is 0 Å². The number of carbonyl (C=O) groups is 1. The van der Waals surface area contributed by atoms with Gasteiger partial charge >= 0.3 is 0 Å². The number of hydrogen-bond acceptors (Lipinski definition) is 6. The topological polar surface area (TPSA) is 87.6 Å². The Labute approximate surface area is 239 Å². The fourth-order valence-electron chi connectivity index (χ4n) is 4.99. The number of furan rings is 1.